The largest absolute Gasteiger partial charge is 0.490 e. The fourth-order valence-electron chi connectivity index (χ4n) is 4.56. The zero-order chi connectivity index (χ0) is 31.8. The lowest BCUT2D eigenvalue weighted by atomic mass is 9.95. The van der Waals surface area contributed by atoms with Crippen LogP contribution in [0.2, 0.25) is 0 Å². The molecule has 3 aromatic rings. The number of rotatable bonds is 12. The lowest BCUT2D eigenvalue weighted by Crippen LogP contribution is -2.45. The van der Waals surface area contributed by atoms with Crippen LogP contribution in [-0.4, -0.2) is 63.0 Å². The number of nitrogens with zero attached hydrogens (tertiary/aromatic N) is 1. The molecule has 0 fully saturated rings. The average Bonchev–Trinajstić information content (AvgIpc) is 3.47. The molecule has 2 heterocycles. The maximum atomic E-state index is 12.4. The number of nitrogens with one attached hydrogen (secondary N) is 3. The van der Waals surface area contributed by atoms with E-state index in [4.69, 9.17) is 23.4 Å². The normalized spacial score (nSPS) is 15.3. The fourth-order valence-corrected chi connectivity index (χ4v) is 4.56. The highest BCUT2D eigenvalue weighted by Gasteiger charge is 2.32. The first-order valence-electron chi connectivity index (χ1n) is 13.7. The summed E-state index contributed by atoms with van der Waals surface area (Å²) in [7, 11) is 2.60. The lowest BCUT2D eigenvalue weighted by molar-refractivity contribution is -0.136. The van der Waals surface area contributed by atoms with E-state index in [1.54, 1.807) is 62.4 Å². The van der Waals surface area contributed by atoms with Crippen LogP contribution < -0.4 is 25.5 Å². The second-order valence-electron chi connectivity index (χ2n) is 9.64. The summed E-state index contributed by atoms with van der Waals surface area (Å²) >= 11 is 0. The highest BCUT2D eigenvalue weighted by molar-refractivity contribution is 5.95. The quantitative estimate of drug-likeness (QED) is 0.103. The summed E-state index contributed by atoms with van der Waals surface area (Å²) in [5.41, 5.74) is 5.89. The number of aliphatic hydroxyl groups is 1. The first kappa shape index (κ1) is 31.6. The number of amides is 2. The highest BCUT2D eigenvalue weighted by Crippen LogP contribution is 2.35. The topological polar surface area (TPSA) is 170 Å². The predicted octanol–water partition coefficient (Wildman–Crippen LogP) is 3.56. The van der Waals surface area contributed by atoms with Gasteiger partial charge in [0, 0.05) is 11.3 Å². The van der Waals surface area contributed by atoms with E-state index in [0.29, 0.717) is 46.5 Å². The van der Waals surface area contributed by atoms with Gasteiger partial charge >= 0.3 is 18.0 Å². The van der Waals surface area contributed by atoms with Gasteiger partial charge in [-0.15, -0.1) is 0 Å². The number of methoxy groups -OCH3 is 2. The van der Waals surface area contributed by atoms with Crippen LogP contribution in [0.15, 0.2) is 69.3 Å². The van der Waals surface area contributed by atoms with E-state index in [-0.39, 0.29) is 12.2 Å². The van der Waals surface area contributed by atoms with Crippen molar-refractivity contribution in [1.29, 1.82) is 0 Å². The molecule has 44 heavy (non-hydrogen) atoms. The van der Waals surface area contributed by atoms with Crippen molar-refractivity contribution in [3.63, 3.8) is 0 Å². The summed E-state index contributed by atoms with van der Waals surface area (Å²) in [5, 5.41) is 19.7. The summed E-state index contributed by atoms with van der Waals surface area (Å²) < 4.78 is 27.0. The number of carbonyl (C=O) groups is 3. The molecule has 0 bridgehead atoms. The van der Waals surface area contributed by atoms with Crippen molar-refractivity contribution in [3.8, 4) is 22.8 Å². The van der Waals surface area contributed by atoms with Crippen LogP contribution >= 0.6 is 0 Å². The number of hydrogen-bond donors (Lipinski definition) is 4. The van der Waals surface area contributed by atoms with E-state index in [2.05, 4.69) is 21.2 Å². The van der Waals surface area contributed by atoms with Crippen molar-refractivity contribution >= 4 is 24.2 Å². The number of urea groups is 1. The molecule has 0 radical (unpaired) electrons. The number of esters is 2. The third kappa shape index (κ3) is 7.36. The molecule has 2 aromatic carbocycles. The Labute approximate surface area is 253 Å². The minimum atomic E-state index is -1.18. The Balaban J connectivity index is 1.38. The number of furan rings is 1. The number of carbonyl (C=O) groups excluding carboxylic acids is 3. The number of hydrazone groups is 1. The smallest absolute Gasteiger partial charge is 0.337 e. The maximum absolute atomic E-state index is 12.4. The van der Waals surface area contributed by atoms with Crippen molar-refractivity contribution in [2.75, 3.05) is 27.4 Å². The third-order valence-corrected chi connectivity index (χ3v) is 6.63. The SMILES string of the molecule is CCOc1cc([C@@H]2NC(=O)NC(C)=C2C(=O)OC)ccc1OC[C@@H](O)N/N=C\c1ccc(-c2ccc(C(=O)OC)cc2C)o1. The van der Waals surface area contributed by atoms with E-state index in [9.17, 15) is 19.5 Å². The Morgan fingerprint density at radius 1 is 1.05 bits per heavy atom. The highest BCUT2D eigenvalue weighted by atomic mass is 16.5. The first-order chi connectivity index (χ1) is 21.1. The van der Waals surface area contributed by atoms with Crippen molar-refractivity contribution in [2.24, 2.45) is 5.10 Å². The number of aliphatic hydroxyl groups excluding tert-OH is 1. The molecule has 232 valence electrons. The number of ether oxygens (including phenoxy) is 4. The molecule has 1 aromatic heterocycles. The Morgan fingerprint density at radius 2 is 1.82 bits per heavy atom. The molecule has 13 heteroatoms. The van der Waals surface area contributed by atoms with Crippen LogP contribution in [-0.2, 0) is 14.3 Å². The maximum Gasteiger partial charge on any atom is 0.337 e. The predicted molar refractivity (Wildman–Crippen MR) is 159 cm³/mol. The van der Waals surface area contributed by atoms with Gasteiger partial charge in [0.15, 0.2) is 17.7 Å². The second-order valence-corrected chi connectivity index (χ2v) is 9.64. The number of allylic oxidation sites excluding steroid dienone is 1. The zero-order valence-corrected chi connectivity index (χ0v) is 24.9. The standard InChI is InChI=1S/C31H34N4O9/c1-6-42-25-14-19(28-27(30(38)41-5)18(3)33-31(39)34-28)8-11-24(25)43-16-26(36)35-32-15-21-9-12-23(44-21)22-10-7-20(13-17(22)2)29(37)40-4/h7-15,26,28,35-36H,6,16H2,1-5H3,(H2,33,34,39)/b32-15-/t26-,28+/m1/s1. The molecule has 13 nitrogen and oxygen atoms in total. The summed E-state index contributed by atoms with van der Waals surface area (Å²) in [6.07, 6.45) is 0.232. The molecule has 0 unspecified atom stereocenters. The van der Waals surface area contributed by atoms with E-state index in [1.807, 2.05) is 6.92 Å². The second kappa shape index (κ2) is 14.2. The molecule has 0 saturated carbocycles. The molecule has 1 aliphatic heterocycles. The van der Waals surface area contributed by atoms with E-state index >= 15 is 0 Å². The number of hydrogen-bond acceptors (Lipinski definition) is 11. The number of benzene rings is 2. The fraction of sp³-hybridized carbons (Fsp3) is 0.290. The molecule has 0 saturated heterocycles. The van der Waals surface area contributed by atoms with Gasteiger partial charge in [-0.3, -0.25) is 5.43 Å². The summed E-state index contributed by atoms with van der Waals surface area (Å²) in [5.74, 6) is 0.721. The van der Waals surface area contributed by atoms with E-state index < -0.39 is 30.2 Å². The van der Waals surface area contributed by atoms with Gasteiger partial charge in [-0.25, -0.2) is 14.4 Å². The average molecular weight is 607 g/mol. The van der Waals surface area contributed by atoms with Gasteiger partial charge in [0.1, 0.15) is 18.1 Å². The Kier molecular flexibility index (Phi) is 10.2. The Bertz CT molecular complexity index is 1590. The van der Waals surface area contributed by atoms with Gasteiger partial charge in [0.05, 0.1) is 44.2 Å². The van der Waals surface area contributed by atoms with Crippen LogP contribution in [0.4, 0.5) is 4.79 Å². The van der Waals surface area contributed by atoms with Gasteiger partial charge < -0.3 is 39.1 Å². The molecule has 4 rings (SSSR count). The summed E-state index contributed by atoms with van der Waals surface area (Å²) in [4.78, 5) is 36.3. The van der Waals surface area contributed by atoms with Gasteiger partial charge in [0.2, 0.25) is 0 Å². The van der Waals surface area contributed by atoms with Crippen LogP contribution in [0.25, 0.3) is 11.3 Å². The molecule has 0 spiro atoms. The molecule has 2 amide bonds. The van der Waals surface area contributed by atoms with E-state index in [1.165, 1.54) is 20.4 Å². The molecule has 1 aliphatic rings. The monoisotopic (exact) mass is 606 g/mol. The van der Waals surface area contributed by atoms with Crippen molar-refractivity contribution in [3.05, 3.63) is 82.3 Å². The molecular weight excluding hydrogens is 572 g/mol. The Morgan fingerprint density at radius 3 is 2.52 bits per heavy atom. The summed E-state index contributed by atoms with van der Waals surface area (Å²) in [6, 6.07) is 12.4. The van der Waals surface area contributed by atoms with E-state index in [0.717, 1.165) is 11.1 Å². The minimum absolute atomic E-state index is 0.178. The van der Waals surface area contributed by atoms with Gasteiger partial charge in [-0.05, 0) is 68.3 Å². The van der Waals surface area contributed by atoms with Crippen molar-refractivity contribution < 1.29 is 42.9 Å². The van der Waals surface area contributed by atoms with Crippen LogP contribution in [0.1, 0.15) is 47.1 Å². The summed E-state index contributed by atoms with van der Waals surface area (Å²) in [6.45, 7) is 5.43. The molecule has 2 atom stereocenters. The van der Waals surface area contributed by atoms with Crippen LogP contribution in [0.3, 0.4) is 0 Å². The van der Waals surface area contributed by atoms with Crippen molar-refractivity contribution in [2.45, 2.75) is 33.0 Å². The molecule has 0 aliphatic carbocycles. The third-order valence-electron chi connectivity index (χ3n) is 6.63. The molecular formula is C31H34N4O9. The van der Waals surface area contributed by atoms with Crippen LogP contribution in [0, 0.1) is 6.92 Å². The van der Waals surface area contributed by atoms with Crippen molar-refractivity contribution in [1.82, 2.24) is 16.1 Å². The minimum Gasteiger partial charge on any atom is -0.490 e. The van der Waals surface area contributed by atoms with Crippen LogP contribution in [0.5, 0.6) is 11.5 Å². The number of aryl methyl sites for hydroxylation is 1. The lowest BCUT2D eigenvalue weighted by Gasteiger charge is -2.28. The first-order valence-corrected chi connectivity index (χ1v) is 13.7. The molecule has 4 N–H and O–H groups in total. The Hall–Kier alpha value is -5.30. The van der Waals surface area contributed by atoms with Gasteiger partial charge in [0.25, 0.3) is 0 Å². The van der Waals surface area contributed by atoms with Gasteiger partial charge in [-0.2, -0.15) is 5.10 Å². The van der Waals surface area contributed by atoms with Gasteiger partial charge in [-0.1, -0.05) is 12.1 Å². The zero-order valence-electron chi connectivity index (χ0n) is 24.9.